The number of amides is 4. The third-order valence-electron chi connectivity index (χ3n) is 9.56. The Morgan fingerprint density at radius 1 is 0.911 bits per heavy atom. The number of imide groups is 2. The zero-order valence-corrected chi connectivity index (χ0v) is 26.6. The molecule has 3 aromatic rings. The van der Waals surface area contributed by atoms with E-state index in [1.807, 2.05) is 12.1 Å². The summed E-state index contributed by atoms with van der Waals surface area (Å²) in [4.78, 5) is 66.6. The molecule has 230 valence electrons. The number of hydrogen-bond acceptors (Lipinski definition) is 7. The lowest BCUT2D eigenvalue weighted by Crippen LogP contribution is -2.60. The molecule has 0 spiro atoms. The van der Waals surface area contributed by atoms with Gasteiger partial charge in [0.25, 0.3) is 11.8 Å². The fraction of sp³-hybridized carbons (Fsp3) is 0.303. The second-order valence-corrected chi connectivity index (χ2v) is 13.4. The van der Waals surface area contributed by atoms with Gasteiger partial charge in [0.2, 0.25) is 11.8 Å². The quantitative estimate of drug-likeness (QED) is 0.127. The number of furan rings is 1. The van der Waals surface area contributed by atoms with Gasteiger partial charge in [-0.05, 0) is 55.2 Å². The summed E-state index contributed by atoms with van der Waals surface area (Å²) < 4.78 is 5.89. The average Bonchev–Trinajstić information content (AvgIpc) is 3.67. The van der Waals surface area contributed by atoms with Gasteiger partial charge in [0.05, 0.1) is 28.9 Å². The Kier molecular flexibility index (Phi) is 7.20. The van der Waals surface area contributed by atoms with Crippen LogP contribution in [-0.2, 0) is 25.8 Å². The second-order valence-electron chi connectivity index (χ2n) is 11.7. The molecule has 3 fully saturated rings. The highest BCUT2D eigenvalue weighted by Gasteiger charge is 2.76. The van der Waals surface area contributed by atoms with Gasteiger partial charge in [-0.1, -0.05) is 57.9 Å². The van der Waals surface area contributed by atoms with Crippen molar-refractivity contribution >= 4 is 74.2 Å². The lowest BCUT2D eigenvalue weighted by molar-refractivity contribution is -0.138. The van der Waals surface area contributed by atoms with Gasteiger partial charge in [-0.25, -0.2) is 0 Å². The molecule has 4 aliphatic rings. The van der Waals surface area contributed by atoms with Gasteiger partial charge >= 0.3 is 0 Å². The molecule has 4 amide bonds. The normalized spacial score (nSPS) is 30.7. The summed E-state index contributed by atoms with van der Waals surface area (Å²) in [5.74, 6) is -5.38. The van der Waals surface area contributed by atoms with Crippen LogP contribution in [-0.4, -0.2) is 54.6 Å². The van der Waals surface area contributed by atoms with Gasteiger partial charge in [0, 0.05) is 11.1 Å². The lowest BCUT2D eigenvalue weighted by atomic mass is 9.57. The third kappa shape index (κ3) is 4.12. The smallest absolute Gasteiger partial charge is 0.254 e. The Balaban J connectivity index is 1.27. The number of allylic oxidation sites excluding steroid dienone is 2. The van der Waals surface area contributed by atoms with Gasteiger partial charge in [-0.3, -0.25) is 33.8 Å². The number of fused-ring (bicyclic) bond motifs is 4. The monoisotopic (exact) mass is 710 g/mol. The van der Waals surface area contributed by atoms with E-state index in [0.29, 0.717) is 22.4 Å². The number of anilines is 1. The van der Waals surface area contributed by atoms with E-state index < -0.39 is 63.7 Å². The SMILES string of the molecule is O=C(c1ccccc1)c1ccc(N2C(=O)[C@H]3[C@H](CC=C4[C@H]3C[C@@]3(Cl)C(=O)N(CBr)C(=O)[C@@]3(Cl)[C@H]4c3ccc(CO)o3)C2=O)cc1. The molecule has 0 bridgehead atoms. The molecule has 2 aromatic carbocycles. The number of hydrogen-bond donors (Lipinski definition) is 1. The molecule has 6 atom stereocenters. The standard InChI is InChI=1S/C33H25BrCl2N2O7/c34-16-37-30(43)32(35)14-23-21(26(33(32,36)31(37)44)24-13-10-20(15-39)45-24)11-12-22-25(23)29(42)38(28(22)41)19-8-6-18(7-9-19)27(40)17-4-2-1-3-5-17/h1-11,13,22-23,25-26,39H,12,14-16H2/t22-,23+,25-,26+,32+,33-/m0/s1. The molecule has 0 radical (unpaired) electrons. The number of nitrogens with zero attached hydrogens (tertiary/aromatic N) is 2. The molecular formula is C33H25BrCl2N2O7. The number of likely N-dealkylation sites (tertiary alicyclic amines) is 1. The van der Waals surface area contributed by atoms with Crippen molar-refractivity contribution < 1.29 is 33.5 Å². The maximum Gasteiger partial charge on any atom is 0.254 e. The van der Waals surface area contributed by atoms with Crippen molar-refractivity contribution in [3.63, 3.8) is 0 Å². The number of rotatable bonds is 6. The second kappa shape index (κ2) is 10.8. The van der Waals surface area contributed by atoms with E-state index in [0.717, 1.165) is 9.80 Å². The number of aliphatic hydroxyl groups is 1. The predicted octanol–water partition coefficient (Wildman–Crippen LogP) is 4.92. The molecule has 9 nitrogen and oxygen atoms in total. The Hall–Kier alpha value is -3.57. The van der Waals surface area contributed by atoms with Gasteiger partial charge < -0.3 is 9.52 Å². The van der Waals surface area contributed by atoms with Crippen molar-refractivity contribution in [2.45, 2.75) is 35.1 Å². The maximum absolute atomic E-state index is 14.2. The Morgan fingerprint density at radius 2 is 1.60 bits per heavy atom. The molecule has 1 saturated carbocycles. The number of carbonyl (C=O) groups is 5. The molecule has 45 heavy (non-hydrogen) atoms. The average molecular weight is 712 g/mol. The zero-order chi connectivity index (χ0) is 31.8. The summed E-state index contributed by atoms with van der Waals surface area (Å²) in [6.07, 6.45) is 1.85. The van der Waals surface area contributed by atoms with Crippen LogP contribution < -0.4 is 4.90 Å². The van der Waals surface area contributed by atoms with E-state index in [-0.39, 0.29) is 35.6 Å². The van der Waals surface area contributed by atoms with E-state index in [1.165, 1.54) is 0 Å². The van der Waals surface area contributed by atoms with Crippen LogP contribution in [0.25, 0.3) is 0 Å². The number of aliphatic hydroxyl groups excluding tert-OH is 1. The van der Waals surface area contributed by atoms with Crippen molar-refractivity contribution in [2.75, 3.05) is 10.4 Å². The molecule has 12 heteroatoms. The van der Waals surface area contributed by atoms with Crippen LogP contribution in [0.2, 0.25) is 0 Å². The van der Waals surface area contributed by atoms with Crippen LogP contribution in [0.15, 0.2) is 82.8 Å². The molecule has 7 rings (SSSR count). The topological polar surface area (TPSA) is 125 Å². The Bertz CT molecular complexity index is 1810. The third-order valence-corrected chi connectivity index (χ3v) is 11.5. The molecule has 3 heterocycles. The first-order valence-electron chi connectivity index (χ1n) is 14.3. The number of carbonyl (C=O) groups excluding carboxylic acids is 5. The molecule has 2 saturated heterocycles. The van der Waals surface area contributed by atoms with Crippen LogP contribution in [0.4, 0.5) is 5.69 Å². The van der Waals surface area contributed by atoms with Crippen molar-refractivity contribution in [2.24, 2.45) is 17.8 Å². The summed E-state index contributed by atoms with van der Waals surface area (Å²) in [5, 5.41) is 9.68. The lowest BCUT2D eigenvalue weighted by Gasteiger charge is -2.49. The highest BCUT2D eigenvalue weighted by molar-refractivity contribution is 9.09. The van der Waals surface area contributed by atoms with E-state index in [1.54, 1.807) is 60.7 Å². The number of alkyl halides is 3. The summed E-state index contributed by atoms with van der Waals surface area (Å²) >= 11 is 17.5. The van der Waals surface area contributed by atoms with Gasteiger partial charge in [-0.2, -0.15) is 0 Å². The van der Waals surface area contributed by atoms with Crippen molar-refractivity contribution in [3.05, 3.63) is 101 Å². The van der Waals surface area contributed by atoms with Crippen LogP contribution in [0, 0.1) is 17.8 Å². The first-order valence-corrected chi connectivity index (χ1v) is 16.2. The Morgan fingerprint density at radius 3 is 2.24 bits per heavy atom. The minimum absolute atomic E-state index is 0.135. The first-order chi connectivity index (χ1) is 21.6. The molecule has 2 aliphatic heterocycles. The zero-order valence-electron chi connectivity index (χ0n) is 23.5. The summed E-state index contributed by atoms with van der Waals surface area (Å²) in [5.41, 5.74) is 1.70. The number of halogens is 3. The fourth-order valence-electron chi connectivity index (χ4n) is 7.47. The summed E-state index contributed by atoms with van der Waals surface area (Å²) in [6.45, 7) is -0.403. The summed E-state index contributed by atoms with van der Waals surface area (Å²) in [7, 11) is 0. The van der Waals surface area contributed by atoms with E-state index in [4.69, 9.17) is 27.6 Å². The Labute approximate surface area is 275 Å². The largest absolute Gasteiger partial charge is 0.463 e. The number of benzene rings is 2. The minimum Gasteiger partial charge on any atom is -0.463 e. The number of ketones is 1. The molecule has 0 unspecified atom stereocenters. The van der Waals surface area contributed by atoms with E-state index in [2.05, 4.69) is 15.9 Å². The van der Waals surface area contributed by atoms with Gasteiger partial charge in [0.1, 0.15) is 18.1 Å². The molecule has 1 aromatic heterocycles. The van der Waals surface area contributed by atoms with Crippen molar-refractivity contribution in [1.82, 2.24) is 4.90 Å². The highest BCUT2D eigenvalue weighted by Crippen LogP contribution is 2.65. The van der Waals surface area contributed by atoms with Gasteiger partial charge in [0.15, 0.2) is 15.5 Å². The van der Waals surface area contributed by atoms with Crippen LogP contribution in [0.3, 0.4) is 0 Å². The molecule has 1 N–H and O–H groups in total. The van der Waals surface area contributed by atoms with Crippen molar-refractivity contribution in [1.29, 1.82) is 0 Å². The fourth-order valence-corrected chi connectivity index (χ4v) is 8.88. The predicted molar refractivity (Wildman–Crippen MR) is 167 cm³/mol. The van der Waals surface area contributed by atoms with Gasteiger partial charge in [-0.15, -0.1) is 23.2 Å². The first kappa shape index (κ1) is 30.1. The van der Waals surface area contributed by atoms with Crippen LogP contribution in [0.5, 0.6) is 0 Å². The van der Waals surface area contributed by atoms with Crippen molar-refractivity contribution in [3.8, 4) is 0 Å². The molecule has 2 aliphatic carbocycles. The van der Waals surface area contributed by atoms with Crippen LogP contribution >= 0.6 is 39.1 Å². The van der Waals surface area contributed by atoms with E-state index in [9.17, 15) is 29.1 Å². The van der Waals surface area contributed by atoms with E-state index >= 15 is 0 Å². The highest BCUT2D eigenvalue weighted by atomic mass is 79.9. The molecular weight excluding hydrogens is 687 g/mol. The maximum atomic E-state index is 14.2. The minimum atomic E-state index is -1.98. The van der Waals surface area contributed by atoms with Crippen LogP contribution in [0.1, 0.15) is 46.2 Å². The summed E-state index contributed by atoms with van der Waals surface area (Å²) in [6, 6.07) is 18.2.